The lowest BCUT2D eigenvalue weighted by atomic mass is 9.97. The standard InChI is InChI=1S/C25H44O4/c1-3-5-6-7-8-9-10-11-12-13-14-15-16-17-18-19-20-23(25(27)28)22-24(26)29-21-4-2/h4,8-9,23H,2-3,5-7,10-22H2,1H3,(H,27,28)/b9-8+. The fourth-order valence-electron chi connectivity index (χ4n) is 3.36. The molecule has 0 saturated heterocycles. The molecule has 0 aromatic heterocycles. The normalized spacial score (nSPS) is 12.2. The fourth-order valence-corrected chi connectivity index (χ4v) is 3.36. The summed E-state index contributed by atoms with van der Waals surface area (Å²) in [5.41, 5.74) is 0. The van der Waals surface area contributed by atoms with E-state index >= 15 is 0 Å². The van der Waals surface area contributed by atoms with Gasteiger partial charge in [0.05, 0.1) is 12.3 Å². The Labute approximate surface area is 178 Å². The quantitative estimate of drug-likeness (QED) is 0.124. The van der Waals surface area contributed by atoms with Gasteiger partial charge in [-0.05, 0) is 32.1 Å². The van der Waals surface area contributed by atoms with Crippen LogP contribution in [0.25, 0.3) is 0 Å². The summed E-state index contributed by atoms with van der Waals surface area (Å²) in [6.45, 7) is 5.86. The Kier molecular flexibility index (Phi) is 20.0. The van der Waals surface area contributed by atoms with Gasteiger partial charge >= 0.3 is 11.9 Å². The van der Waals surface area contributed by atoms with Crippen molar-refractivity contribution in [1.29, 1.82) is 0 Å². The third-order valence-electron chi connectivity index (χ3n) is 5.19. The maximum absolute atomic E-state index is 11.6. The van der Waals surface area contributed by atoms with Gasteiger partial charge in [0, 0.05) is 0 Å². The molecule has 0 aromatic rings. The SMILES string of the molecule is C=CCOC(=O)CC(CCCCCCCCCCC/C=C/CCCCC)C(=O)O. The second-order valence-electron chi connectivity index (χ2n) is 7.94. The number of hydrogen-bond acceptors (Lipinski definition) is 3. The number of carboxylic acids is 1. The van der Waals surface area contributed by atoms with Crippen LogP contribution in [0, 0.1) is 5.92 Å². The zero-order valence-electron chi connectivity index (χ0n) is 18.7. The number of carbonyl (C=O) groups excluding carboxylic acids is 1. The summed E-state index contributed by atoms with van der Waals surface area (Å²) < 4.78 is 4.88. The van der Waals surface area contributed by atoms with Gasteiger partial charge in [-0.2, -0.15) is 0 Å². The van der Waals surface area contributed by atoms with Crippen LogP contribution in [-0.2, 0) is 14.3 Å². The molecule has 0 heterocycles. The third-order valence-corrected chi connectivity index (χ3v) is 5.19. The smallest absolute Gasteiger partial charge is 0.307 e. The highest BCUT2D eigenvalue weighted by molar-refractivity contribution is 5.78. The van der Waals surface area contributed by atoms with Crippen LogP contribution >= 0.6 is 0 Å². The van der Waals surface area contributed by atoms with E-state index in [1.807, 2.05) is 0 Å². The maximum Gasteiger partial charge on any atom is 0.307 e. The van der Waals surface area contributed by atoms with Crippen LogP contribution in [0.1, 0.15) is 110 Å². The molecule has 0 aliphatic carbocycles. The average molecular weight is 409 g/mol. The molecule has 1 N–H and O–H groups in total. The number of carboxylic acid groups (broad SMARTS) is 1. The second kappa shape index (κ2) is 21.1. The number of hydrogen-bond donors (Lipinski definition) is 1. The largest absolute Gasteiger partial charge is 0.481 e. The molecule has 4 heteroatoms. The average Bonchev–Trinajstić information content (AvgIpc) is 2.70. The van der Waals surface area contributed by atoms with E-state index in [0.717, 1.165) is 19.3 Å². The summed E-state index contributed by atoms with van der Waals surface area (Å²) in [7, 11) is 0. The van der Waals surface area contributed by atoms with Crippen molar-refractivity contribution in [3.05, 3.63) is 24.8 Å². The third kappa shape index (κ3) is 19.5. The molecule has 168 valence electrons. The topological polar surface area (TPSA) is 63.6 Å². The minimum absolute atomic E-state index is 0.0445. The number of aliphatic carboxylic acids is 1. The van der Waals surface area contributed by atoms with Crippen molar-refractivity contribution in [2.24, 2.45) is 5.92 Å². The van der Waals surface area contributed by atoms with Crippen LogP contribution in [0.5, 0.6) is 0 Å². The number of unbranched alkanes of at least 4 members (excludes halogenated alkanes) is 12. The number of rotatable bonds is 21. The second-order valence-corrected chi connectivity index (χ2v) is 7.94. The van der Waals surface area contributed by atoms with Gasteiger partial charge in [-0.3, -0.25) is 9.59 Å². The molecule has 0 aliphatic heterocycles. The van der Waals surface area contributed by atoms with E-state index in [0.29, 0.717) is 6.42 Å². The lowest BCUT2D eigenvalue weighted by molar-refractivity contribution is -0.151. The Balaban J connectivity index is 3.49. The van der Waals surface area contributed by atoms with E-state index in [9.17, 15) is 14.7 Å². The van der Waals surface area contributed by atoms with Crippen molar-refractivity contribution >= 4 is 11.9 Å². The molecule has 1 atom stereocenters. The van der Waals surface area contributed by atoms with Crippen LogP contribution in [0.2, 0.25) is 0 Å². The highest BCUT2D eigenvalue weighted by Crippen LogP contribution is 2.17. The summed E-state index contributed by atoms with van der Waals surface area (Å²) in [5.74, 6) is -1.99. The van der Waals surface area contributed by atoms with E-state index in [2.05, 4.69) is 25.7 Å². The first kappa shape index (κ1) is 27.4. The highest BCUT2D eigenvalue weighted by atomic mass is 16.5. The van der Waals surface area contributed by atoms with Gasteiger partial charge in [-0.25, -0.2) is 0 Å². The van der Waals surface area contributed by atoms with Crippen molar-refractivity contribution in [2.45, 2.75) is 110 Å². The molecule has 0 fully saturated rings. The van der Waals surface area contributed by atoms with Gasteiger partial charge in [0.15, 0.2) is 0 Å². The lowest BCUT2D eigenvalue weighted by Crippen LogP contribution is -2.19. The van der Waals surface area contributed by atoms with Gasteiger partial charge in [0.1, 0.15) is 6.61 Å². The van der Waals surface area contributed by atoms with Gasteiger partial charge in [-0.15, -0.1) is 0 Å². The van der Waals surface area contributed by atoms with Crippen LogP contribution in [0.15, 0.2) is 24.8 Å². The van der Waals surface area contributed by atoms with Gasteiger partial charge in [0.25, 0.3) is 0 Å². The predicted octanol–water partition coefficient (Wildman–Crippen LogP) is 7.23. The van der Waals surface area contributed by atoms with Crippen LogP contribution in [-0.4, -0.2) is 23.7 Å². The number of carbonyl (C=O) groups is 2. The van der Waals surface area contributed by atoms with Gasteiger partial charge < -0.3 is 9.84 Å². The molecule has 0 spiro atoms. The van der Waals surface area contributed by atoms with E-state index in [1.54, 1.807) is 0 Å². The Morgan fingerprint density at radius 3 is 1.90 bits per heavy atom. The van der Waals surface area contributed by atoms with Crippen molar-refractivity contribution in [2.75, 3.05) is 6.61 Å². The van der Waals surface area contributed by atoms with Crippen LogP contribution in [0.4, 0.5) is 0 Å². The van der Waals surface area contributed by atoms with Gasteiger partial charge in [-0.1, -0.05) is 95.9 Å². The monoisotopic (exact) mass is 408 g/mol. The Morgan fingerprint density at radius 1 is 0.862 bits per heavy atom. The Morgan fingerprint density at radius 2 is 1.38 bits per heavy atom. The summed E-state index contributed by atoms with van der Waals surface area (Å²) in [4.78, 5) is 22.8. The first-order valence-corrected chi connectivity index (χ1v) is 11.8. The van der Waals surface area contributed by atoms with Crippen LogP contribution < -0.4 is 0 Å². The first-order chi connectivity index (χ1) is 14.1. The molecule has 0 amide bonds. The van der Waals surface area contributed by atoms with E-state index in [1.165, 1.54) is 76.7 Å². The van der Waals surface area contributed by atoms with Crippen molar-refractivity contribution in [3.63, 3.8) is 0 Å². The Hall–Kier alpha value is -1.58. The highest BCUT2D eigenvalue weighted by Gasteiger charge is 2.21. The minimum Gasteiger partial charge on any atom is -0.481 e. The van der Waals surface area contributed by atoms with E-state index < -0.39 is 17.9 Å². The molecule has 29 heavy (non-hydrogen) atoms. The minimum atomic E-state index is -0.906. The molecule has 1 unspecified atom stereocenters. The van der Waals surface area contributed by atoms with Crippen molar-refractivity contribution < 1.29 is 19.4 Å². The van der Waals surface area contributed by atoms with Gasteiger partial charge in [0.2, 0.25) is 0 Å². The summed E-state index contributed by atoms with van der Waals surface area (Å²) in [6, 6.07) is 0. The Bertz CT molecular complexity index is 442. The number of ether oxygens (including phenoxy) is 1. The molecule has 0 saturated carbocycles. The number of allylic oxidation sites excluding steroid dienone is 2. The molecular formula is C25H44O4. The molecule has 0 aliphatic rings. The summed E-state index contributed by atoms with van der Waals surface area (Å²) >= 11 is 0. The summed E-state index contributed by atoms with van der Waals surface area (Å²) in [5, 5.41) is 9.24. The van der Waals surface area contributed by atoms with E-state index in [4.69, 9.17) is 4.74 Å². The molecular weight excluding hydrogens is 364 g/mol. The molecule has 4 nitrogen and oxygen atoms in total. The van der Waals surface area contributed by atoms with Crippen LogP contribution in [0.3, 0.4) is 0 Å². The van der Waals surface area contributed by atoms with E-state index in [-0.39, 0.29) is 13.0 Å². The maximum atomic E-state index is 11.6. The predicted molar refractivity (Wildman–Crippen MR) is 121 cm³/mol. The molecule has 0 aromatic carbocycles. The van der Waals surface area contributed by atoms with Crippen molar-refractivity contribution in [1.82, 2.24) is 0 Å². The lowest BCUT2D eigenvalue weighted by Gasteiger charge is -2.11. The molecule has 0 rings (SSSR count). The fraction of sp³-hybridized carbons (Fsp3) is 0.760. The molecule has 0 bridgehead atoms. The van der Waals surface area contributed by atoms with Crippen molar-refractivity contribution in [3.8, 4) is 0 Å². The molecule has 0 radical (unpaired) electrons. The number of esters is 1. The zero-order chi connectivity index (χ0) is 21.6. The first-order valence-electron chi connectivity index (χ1n) is 11.8. The zero-order valence-corrected chi connectivity index (χ0v) is 18.7. The summed E-state index contributed by atoms with van der Waals surface area (Å²) in [6.07, 6.45) is 23.9.